The van der Waals surface area contributed by atoms with Gasteiger partial charge in [0.1, 0.15) is 11.8 Å². The Kier molecular flexibility index (Phi) is 9.15. The van der Waals surface area contributed by atoms with Crippen molar-refractivity contribution >= 4 is 46.7 Å². The van der Waals surface area contributed by atoms with Crippen molar-refractivity contribution < 1.29 is 23.9 Å². The van der Waals surface area contributed by atoms with Crippen molar-refractivity contribution in [2.45, 2.75) is 26.3 Å². The predicted octanol–water partition coefficient (Wildman–Crippen LogP) is 4.33. The number of ether oxygens (including phenoxy) is 2. The number of rotatable bonds is 9. The molecule has 0 saturated heterocycles. The summed E-state index contributed by atoms with van der Waals surface area (Å²) < 4.78 is 9.79. The van der Waals surface area contributed by atoms with Crippen LogP contribution in [0.3, 0.4) is 0 Å². The summed E-state index contributed by atoms with van der Waals surface area (Å²) in [6, 6.07) is 10.3. The van der Waals surface area contributed by atoms with E-state index in [9.17, 15) is 14.4 Å². The van der Waals surface area contributed by atoms with E-state index in [0.29, 0.717) is 22.9 Å². The zero-order valence-corrected chi connectivity index (χ0v) is 18.9. The fourth-order valence-corrected chi connectivity index (χ4v) is 3.17. The highest BCUT2D eigenvalue weighted by atomic mass is 35.5. The van der Waals surface area contributed by atoms with Crippen LogP contribution in [0.5, 0.6) is 5.75 Å². The third kappa shape index (κ3) is 7.77. The maximum Gasteiger partial charge on any atom is 0.343 e. The van der Waals surface area contributed by atoms with Crippen LogP contribution in [0.2, 0.25) is 10.0 Å². The van der Waals surface area contributed by atoms with E-state index in [2.05, 4.69) is 15.4 Å². The number of esters is 1. The van der Waals surface area contributed by atoms with Crippen LogP contribution in [0.15, 0.2) is 42.5 Å². The van der Waals surface area contributed by atoms with Gasteiger partial charge in [-0.1, -0.05) is 37.0 Å². The normalized spacial score (nSPS) is 11.5. The summed E-state index contributed by atoms with van der Waals surface area (Å²) in [7, 11) is 1.28. The molecular formula is C22H24Cl2N2O5. The third-order valence-electron chi connectivity index (χ3n) is 4.21. The van der Waals surface area contributed by atoms with Crippen LogP contribution >= 0.6 is 23.2 Å². The molecule has 0 aromatic heterocycles. The van der Waals surface area contributed by atoms with Crippen LogP contribution in [0.1, 0.15) is 30.6 Å². The average Bonchev–Trinajstić information content (AvgIpc) is 2.72. The molecule has 2 aromatic rings. The topological polar surface area (TPSA) is 93.7 Å². The maximum absolute atomic E-state index is 12.8. The Bertz CT molecular complexity index is 932. The SMILES string of the molecule is COC(=O)COc1ccc(NC(=O)C(CC(C)C)NC(=O)c2ccc(Cl)cc2Cl)cc1. The highest BCUT2D eigenvalue weighted by molar-refractivity contribution is 6.36. The van der Waals surface area contributed by atoms with E-state index in [-0.39, 0.29) is 29.0 Å². The van der Waals surface area contributed by atoms with Crippen molar-refractivity contribution in [2.24, 2.45) is 5.92 Å². The first-order valence-electron chi connectivity index (χ1n) is 9.56. The first kappa shape index (κ1) is 24.5. The zero-order valence-electron chi connectivity index (χ0n) is 17.4. The molecule has 0 bridgehead atoms. The second-order valence-corrected chi connectivity index (χ2v) is 8.00. The molecule has 0 radical (unpaired) electrons. The molecule has 2 aromatic carbocycles. The molecule has 0 fully saturated rings. The summed E-state index contributed by atoms with van der Waals surface area (Å²) in [5.41, 5.74) is 0.752. The Morgan fingerprint density at radius 3 is 2.29 bits per heavy atom. The Morgan fingerprint density at radius 2 is 1.71 bits per heavy atom. The molecule has 31 heavy (non-hydrogen) atoms. The summed E-state index contributed by atoms with van der Waals surface area (Å²) >= 11 is 12.0. The number of methoxy groups -OCH3 is 1. The van der Waals surface area contributed by atoms with Crippen LogP contribution in [0, 0.1) is 5.92 Å². The molecule has 7 nitrogen and oxygen atoms in total. The number of hydrogen-bond acceptors (Lipinski definition) is 5. The lowest BCUT2D eigenvalue weighted by molar-refractivity contribution is -0.142. The van der Waals surface area contributed by atoms with Crippen LogP contribution < -0.4 is 15.4 Å². The second kappa shape index (κ2) is 11.6. The first-order valence-corrected chi connectivity index (χ1v) is 10.3. The molecule has 0 aliphatic rings. The van der Waals surface area contributed by atoms with Crippen molar-refractivity contribution in [2.75, 3.05) is 19.0 Å². The van der Waals surface area contributed by atoms with E-state index in [0.717, 1.165) is 0 Å². The molecule has 9 heteroatoms. The van der Waals surface area contributed by atoms with Crippen LogP contribution in [-0.4, -0.2) is 37.5 Å². The molecule has 0 saturated carbocycles. The van der Waals surface area contributed by atoms with E-state index in [1.807, 2.05) is 13.8 Å². The second-order valence-electron chi connectivity index (χ2n) is 7.16. The van der Waals surface area contributed by atoms with Gasteiger partial charge in [-0.2, -0.15) is 0 Å². The monoisotopic (exact) mass is 466 g/mol. The highest BCUT2D eigenvalue weighted by Gasteiger charge is 2.23. The van der Waals surface area contributed by atoms with Gasteiger partial charge in [-0.25, -0.2) is 4.79 Å². The first-order chi connectivity index (χ1) is 14.7. The quantitative estimate of drug-likeness (QED) is 0.536. The van der Waals surface area contributed by atoms with Crippen molar-refractivity contribution in [3.05, 3.63) is 58.1 Å². The lowest BCUT2D eigenvalue weighted by Gasteiger charge is -2.20. The molecule has 1 unspecified atom stereocenters. The number of carbonyl (C=O) groups excluding carboxylic acids is 3. The van der Waals surface area contributed by atoms with Gasteiger partial charge in [-0.3, -0.25) is 9.59 Å². The molecular weight excluding hydrogens is 443 g/mol. The lowest BCUT2D eigenvalue weighted by Crippen LogP contribution is -2.44. The van der Waals surface area contributed by atoms with E-state index in [4.69, 9.17) is 27.9 Å². The Hall–Kier alpha value is -2.77. The maximum atomic E-state index is 12.8. The Morgan fingerprint density at radius 1 is 1.03 bits per heavy atom. The van der Waals surface area contributed by atoms with Gasteiger partial charge < -0.3 is 20.1 Å². The Balaban J connectivity index is 2.05. The van der Waals surface area contributed by atoms with Crippen molar-refractivity contribution in [3.8, 4) is 5.75 Å². The number of anilines is 1. The summed E-state index contributed by atoms with van der Waals surface area (Å²) in [5.74, 6) is -0.714. The largest absolute Gasteiger partial charge is 0.482 e. The van der Waals surface area contributed by atoms with Gasteiger partial charge in [0, 0.05) is 10.7 Å². The van der Waals surface area contributed by atoms with E-state index >= 15 is 0 Å². The molecule has 2 amide bonds. The molecule has 166 valence electrons. The minimum absolute atomic E-state index is 0.158. The summed E-state index contributed by atoms with van der Waals surface area (Å²) in [6.45, 7) is 3.70. The minimum Gasteiger partial charge on any atom is -0.482 e. The molecule has 0 aliphatic heterocycles. The van der Waals surface area contributed by atoms with Gasteiger partial charge in [0.05, 0.1) is 17.7 Å². The fourth-order valence-electron chi connectivity index (χ4n) is 2.68. The van der Waals surface area contributed by atoms with Gasteiger partial charge in [0.25, 0.3) is 5.91 Å². The van der Waals surface area contributed by atoms with Gasteiger partial charge in [0.15, 0.2) is 6.61 Å². The number of carbonyl (C=O) groups is 3. The van der Waals surface area contributed by atoms with Crippen LogP contribution in [0.4, 0.5) is 5.69 Å². The standard InChI is InChI=1S/C22H24Cl2N2O5/c1-13(2)10-19(26-21(28)17-9-4-14(23)11-18(17)24)22(29)25-15-5-7-16(8-6-15)31-12-20(27)30-3/h4-9,11,13,19H,10,12H2,1-3H3,(H,25,29)(H,26,28). The molecule has 2 N–H and O–H groups in total. The van der Waals surface area contributed by atoms with Gasteiger partial charge in [0.2, 0.25) is 5.91 Å². The van der Waals surface area contributed by atoms with Gasteiger partial charge in [-0.15, -0.1) is 0 Å². The van der Waals surface area contributed by atoms with Gasteiger partial charge in [-0.05, 0) is 54.8 Å². The average molecular weight is 467 g/mol. The zero-order chi connectivity index (χ0) is 23.0. The lowest BCUT2D eigenvalue weighted by atomic mass is 10.0. The van der Waals surface area contributed by atoms with Crippen LogP contribution in [0.25, 0.3) is 0 Å². The highest BCUT2D eigenvalue weighted by Crippen LogP contribution is 2.22. The number of halogens is 2. The Labute approximate surface area is 191 Å². The summed E-state index contributed by atoms with van der Waals surface area (Å²) in [4.78, 5) is 36.6. The van der Waals surface area contributed by atoms with Gasteiger partial charge >= 0.3 is 5.97 Å². The number of hydrogen-bond donors (Lipinski definition) is 2. The summed E-state index contributed by atoms with van der Waals surface area (Å²) in [6.07, 6.45) is 0.434. The smallest absolute Gasteiger partial charge is 0.343 e. The van der Waals surface area contributed by atoms with E-state index in [1.165, 1.54) is 19.2 Å². The molecule has 2 rings (SSSR count). The molecule has 0 spiro atoms. The molecule has 0 heterocycles. The van der Waals surface area contributed by atoms with E-state index in [1.54, 1.807) is 30.3 Å². The summed E-state index contributed by atoms with van der Waals surface area (Å²) in [5, 5.41) is 6.14. The number of benzene rings is 2. The van der Waals surface area contributed by atoms with Crippen molar-refractivity contribution in [1.29, 1.82) is 0 Å². The van der Waals surface area contributed by atoms with Crippen molar-refractivity contribution in [3.63, 3.8) is 0 Å². The third-order valence-corrected chi connectivity index (χ3v) is 4.76. The number of nitrogens with one attached hydrogen (secondary N) is 2. The molecule has 1 atom stereocenters. The minimum atomic E-state index is -0.769. The van der Waals surface area contributed by atoms with Crippen LogP contribution in [-0.2, 0) is 14.3 Å². The van der Waals surface area contributed by atoms with E-state index < -0.39 is 17.9 Å². The van der Waals surface area contributed by atoms with Crippen molar-refractivity contribution in [1.82, 2.24) is 5.32 Å². The predicted molar refractivity (Wildman–Crippen MR) is 120 cm³/mol. The molecule has 0 aliphatic carbocycles. The number of amides is 2. The fraction of sp³-hybridized carbons (Fsp3) is 0.318.